The van der Waals surface area contributed by atoms with E-state index in [-0.39, 0.29) is 41.7 Å². The third-order valence-corrected chi connectivity index (χ3v) is 5.59. The number of hydrogen-bond acceptors (Lipinski definition) is 6. The number of amides is 1. The van der Waals surface area contributed by atoms with E-state index in [1.165, 1.54) is 12.1 Å². The highest BCUT2D eigenvalue weighted by molar-refractivity contribution is 6.05. The van der Waals surface area contributed by atoms with Gasteiger partial charge in [0.2, 0.25) is 0 Å². The van der Waals surface area contributed by atoms with E-state index in [1.54, 1.807) is 7.05 Å². The van der Waals surface area contributed by atoms with E-state index < -0.39 is 11.6 Å². The summed E-state index contributed by atoms with van der Waals surface area (Å²) in [5.41, 5.74) is 2.26. The Hall–Kier alpha value is -3.14. The molecule has 1 amide bonds. The summed E-state index contributed by atoms with van der Waals surface area (Å²) in [6.45, 7) is 6.82. The van der Waals surface area contributed by atoms with Gasteiger partial charge in [-0.15, -0.1) is 0 Å². The lowest BCUT2D eigenvalue weighted by atomic mass is 10.1. The van der Waals surface area contributed by atoms with Crippen LogP contribution in [0.3, 0.4) is 0 Å². The van der Waals surface area contributed by atoms with Crippen LogP contribution in [0.2, 0.25) is 0 Å². The van der Waals surface area contributed by atoms with E-state index >= 15 is 0 Å². The summed E-state index contributed by atoms with van der Waals surface area (Å²) in [5, 5.41) is 8.91. The lowest BCUT2D eigenvalue weighted by molar-refractivity contribution is 0.0950. The lowest BCUT2D eigenvalue weighted by Gasteiger charge is -2.30. The Morgan fingerprint density at radius 1 is 1.25 bits per heavy atom. The molecular formula is C22H28F2N6O2. The summed E-state index contributed by atoms with van der Waals surface area (Å²) < 4.78 is 34.9. The molecule has 1 aromatic carbocycles. The fraction of sp³-hybridized carbons (Fsp3) is 0.455. The summed E-state index contributed by atoms with van der Waals surface area (Å²) in [5.74, 6) is -0.619. The number of fused-ring (bicyclic) bond motifs is 1. The smallest absolute Gasteiger partial charge is 0.270 e. The normalized spacial score (nSPS) is 14.4. The molecule has 3 heterocycles. The summed E-state index contributed by atoms with van der Waals surface area (Å²) in [6, 6.07) is 2.46. The second-order valence-corrected chi connectivity index (χ2v) is 8.15. The molecule has 0 bridgehead atoms. The first-order valence-electron chi connectivity index (χ1n) is 10.8. The molecule has 8 nitrogen and oxygen atoms in total. The van der Waals surface area contributed by atoms with Gasteiger partial charge in [-0.25, -0.2) is 8.78 Å². The lowest BCUT2D eigenvalue weighted by Crippen LogP contribution is -2.44. The van der Waals surface area contributed by atoms with Gasteiger partial charge >= 0.3 is 0 Å². The Morgan fingerprint density at radius 3 is 2.69 bits per heavy atom. The molecule has 0 atom stereocenters. The van der Waals surface area contributed by atoms with Crippen molar-refractivity contribution in [3.63, 3.8) is 0 Å². The molecule has 2 aromatic heterocycles. The van der Waals surface area contributed by atoms with Crippen LogP contribution < -0.4 is 20.9 Å². The van der Waals surface area contributed by atoms with Gasteiger partial charge in [-0.05, 0) is 18.1 Å². The molecule has 32 heavy (non-hydrogen) atoms. The van der Waals surface area contributed by atoms with E-state index in [0.717, 1.165) is 13.1 Å². The maximum Gasteiger partial charge on any atom is 0.270 e. The molecule has 0 saturated carbocycles. The topological polar surface area (TPSA) is 98.2 Å². The third kappa shape index (κ3) is 4.27. The average Bonchev–Trinajstić information content (AvgIpc) is 3.34. The van der Waals surface area contributed by atoms with E-state index in [2.05, 4.69) is 25.9 Å². The van der Waals surface area contributed by atoms with Gasteiger partial charge in [0.1, 0.15) is 23.0 Å². The summed E-state index contributed by atoms with van der Waals surface area (Å²) in [7, 11) is 1.69. The van der Waals surface area contributed by atoms with E-state index in [1.807, 2.05) is 18.7 Å². The van der Waals surface area contributed by atoms with Gasteiger partial charge in [0, 0.05) is 51.8 Å². The van der Waals surface area contributed by atoms with Crippen molar-refractivity contribution in [2.75, 3.05) is 50.0 Å². The zero-order chi connectivity index (χ0) is 22.8. The predicted octanol–water partition coefficient (Wildman–Crippen LogP) is 2.98. The van der Waals surface area contributed by atoms with Crippen LogP contribution >= 0.6 is 0 Å². The average molecular weight is 447 g/mol. The van der Waals surface area contributed by atoms with Crippen molar-refractivity contribution < 1.29 is 18.0 Å². The van der Waals surface area contributed by atoms with Gasteiger partial charge in [0.05, 0.1) is 5.69 Å². The van der Waals surface area contributed by atoms with Crippen molar-refractivity contribution in [1.29, 1.82) is 0 Å². The summed E-state index contributed by atoms with van der Waals surface area (Å²) in [6.07, 6.45) is 0.164. The van der Waals surface area contributed by atoms with Gasteiger partial charge in [-0.1, -0.05) is 13.8 Å². The SMILES string of the molecule is CNc1c(C(=O)NCCc2cc(F)c(N3CCNCC3)cc2F)[nH]c2nc(C(C)C)oc12. The van der Waals surface area contributed by atoms with Crippen molar-refractivity contribution in [2.24, 2.45) is 0 Å². The molecular weight excluding hydrogens is 418 g/mol. The Balaban J connectivity index is 1.42. The number of hydrogen-bond donors (Lipinski definition) is 4. The number of nitrogens with one attached hydrogen (secondary N) is 4. The first kappa shape index (κ1) is 22.1. The minimum Gasteiger partial charge on any atom is -0.436 e. The van der Waals surface area contributed by atoms with Crippen molar-refractivity contribution >= 4 is 28.5 Å². The van der Waals surface area contributed by atoms with Gasteiger partial charge in [-0.2, -0.15) is 4.98 Å². The largest absolute Gasteiger partial charge is 0.436 e. The number of aromatic amines is 1. The van der Waals surface area contributed by atoms with Crippen LogP contribution in [0, 0.1) is 11.6 Å². The van der Waals surface area contributed by atoms with Crippen LogP contribution in [0.4, 0.5) is 20.2 Å². The molecule has 3 aromatic rings. The maximum absolute atomic E-state index is 14.6. The number of nitrogens with zero attached hydrogens (tertiary/aromatic N) is 2. The number of benzene rings is 1. The molecule has 1 aliphatic heterocycles. The molecule has 1 aliphatic rings. The van der Waals surface area contributed by atoms with Gasteiger partial charge in [0.15, 0.2) is 17.1 Å². The number of anilines is 2. The molecule has 10 heteroatoms. The molecule has 0 aliphatic carbocycles. The number of oxazole rings is 1. The van der Waals surface area contributed by atoms with Crippen LogP contribution in [0.15, 0.2) is 16.5 Å². The van der Waals surface area contributed by atoms with E-state index in [9.17, 15) is 13.6 Å². The van der Waals surface area contributed by atoms with Crippen molar-refractivity contribution in [3.8, 4) is 0 Å². The summed E-state index contributed by atoms with van der Waals surface area (Å²) >= 11 is 0. The number of piperazine rings is 1. The standard InChI is InChI=1S/C22H28F2N6O2/c1-12(2)22-29-20-19(32-22)17(25-3)18(28-20)21(31)27-5-4-13-10-15(24)16(11-14(13)23)30-8-6-26-7-9-30/h10-12,25-26,28H,4-9H2,1-3H3,(H,27,31). The van der Waals surface area contributed by atoms with Crippen molar-refractivity contribution in [3.05, 3.63) is 40.9 Å². The number of halogens is 2. The molecule has 0 unspecified atom stereocenters. The number of H-pyrrole nitrogens is 1. The highest BCUT2D eigenvalue weighted by atomic mass is 19.1. The maximum atomic E-state index is 14.6. The number of carbonyl (C=O) groups is 1. The number of aromatic nitrogens is 2. The molecule has 4 N–H and O–H groups in total. The third-order valence-electron chi connectivity index (χ3n) is 5.59. The van der Waals surface area contributed by atoms with E-state index in [0.29, 0.717) is 35.9 Å². The quantitative estimate of drug-likeness (QED) is 0.446. The van der Waals surface area contributed by atoms with Crippen molar-refractivity contribution in [2.45, 2.75) is 26.2 Å². The van der Waals surface area contributed by atoms with Crippen LogP contribution in [-0.2, 0) is 6.42 Å². The predicted molar refractivity (Wildman–Crippen MR) is 119 cm³/mol. The highest BCUT2D eigenvalue weighted by Gasteiger charge is 2.23. The van der Waals surface area contributed by atoms with Gasteiger partial charge in [-0.3, -0.25) is 4.79 Å². The Bertz CT molecular complexity index is 1120. The van der Waals surface area contributed by atoms with Gasteiger partial charge in [0.25, 0.3) is 5.91 Å². The summed E-state index contributed by atoms with van der Waals surface area (Å²) in [4.78, 5) is 21.9. The number of carbonyl (C=O) groups excluding carboxylic acids is 1. The molecule has 0 spiro atoms. The first-order chi connectivity index (χ1) is 15.4. The second-order valence-electron chi connectivity index (χ2n) is 8.15. The van der Waals surface area contributed by atoms with Crippen LogP contribution in [0.25, 0.3) is 11.2 Å². The number of rotatable bonds is 7. The fourth-order valence-corrected chi connectivity index (χ4v) is 3.86. The first-order valence-corrected chi connectivity index (χ1v) is 10.8. The van der Waals surface area contributed by atoms with Crippen LogP contribution in [0.1, 0.15) is 41.7 Å². The molecule has 4 rings (SSSR count). The van der Waals surface area contributed by atoms with Gasteiger partial charge < -0.3 is 30.3 Å². The molecule has 172 valence electrons. The Labute approximate surface area is 184 Å². The highest BCUT2D eigenvalue weighted by Crippen LogP contribution is 2.30. The zero-order valence-corrected chi connectivity index (χ0v) is 18.4. The molecule has 1 fully saturated rings. The second kappa shape index (κ2) is 9.15. The zero-order valence-electron chi connectivity index (χ0n) is 18.4. The minimum atomic E-state index is -0.479. The fourth-order valence-electron chi connectivity index (χ4n) is 3.86. The Morgan fingerprint density at radius 2 is 2.00 bits per heavy atom. The Kier molecular flexibility index (Phi) is 6.31. The van der Waals surface area contributed by atoms with Crippen LogP contribution in [-0.4, -0.2) is 55.6 Å². The minimum absolute atomic E-state index is 0.117. The van der Waals surface area contributed by atoms with E-state index in [4.69, 9.17) is 4.42 Å². The molecule has 1 saturated heterocycles. The monoisotopic (exact) mass is 446 g/mol. The van der Waals surface area contributed by atoms with Crippen LogP contribution in [0.5, 0.6) is 0 Å². The van der Waals surface area contributed by atoms with Crippen molar-refractivity contribution in [1.82, 2.24) is 20.6 Å². The molecule has 0 radical (unpaired) electrons.